The average molecular weight is 399 g/mol. The van der Waals surface area contributed by atoms with Crippen LogP contribution in [0, 0.1) is 3.57 Å². The van der Waals surface area contributed by atoms with Crippen molar-refractivity contribution in [2.24, 2.45) is 0 Å². The molecule has 1 N–H and O–H groups in total. The van der Waals surface area contributed by atoms with Crippen LogP contribution in [-0.4, -0.2) is 26.6 Å². The van der Waals surface area contributed by atoms with Crippen LogP contribution in [0.15, 0.2) is 12.5 Å². The van der Waals surface area contributed by atoms with Crippen LogP contribution < -0.4 is 5.32 Å². The fourth-order valence-corrected chi connectivity index (χ4v) is 3.47. The summed E-state index contributed by atoms with van der Waals surface area (Å²) in [6, 6.07) is 0. The summed E-state index contributed by atoms with van der Waals surface area (Å²) in [4.78, 5) is 13.7. The molecular weight excluding hydrogens is 377 g/mol. The molecule has 0 fully saturated rings. The van der Waals surface area contributed by atoms with Crippen molar-refractivity contribution in [2.75, 3.05) is 12.4 Å². The van der Waals surface area contributed by atoms with Crippen molar-refractivity contribution in [1.82, 2.24) is 19.5 Å². The van der Waals surface area contributed by atoms with E-state index in [-0.39, 0.29) is 5.41 Å². The lowest BCUT2D eigenvalue weighted by atomic mass is 9.92. The van der Waals surface area contributed by atoms with Gasteiger partial charge in [-0.1, -0.05) is 27.7 Å². The monoisotopic (exact) mass is 399 g/mol. The molecule has 2 heterocycles. The summed E-state index contributed by atoms with van der Waals surface area (Å²) in [7, 11) is 1.89. The molecule has 0 aromatic carbocycles. The molecule has 21 heavy (non-hydrogen) atoms. The van der Waals surface area contributed by atoms with Gasteiger partial charge in [0, 0.05) is 19.0 Å². The fourth-order valence-electron chi connectivity index (χ4n) is 2.15. The Morgan fingerprint density at radius 3 is 2.57 bits per heavy atom. The lowest BCUT2D eigenvalue weighted by Crippen LogP contribution is -2.19. The standard InChI is InChI=1S/C15H22IN5/c1-6-7-21-9-18-8-10(21)13-19-12(15(2,3)4)11(16)14(17-5)20-13/h8-9H,6-7H2,1-5H3,(H,17,19,20). The van der Waals surface area contributed by atoms with Gasteiger partial charge in [-0.3, -0.25) is 0 Å². The maximum Gasteiger partial charge on any atom is 0.180 e. The van der Waals surface area contributed by atoms with Crippen LogP contribution in [0.1, 0.15) is 39.8 Å². The van der Waals surface area contributed by atoms with E-state index in [1.165, 1.54) is 0 Å². The summed E-state index contributed by atoms with van der Waals surface area (Å²) < 4.78 is 3.18. The SMILES string of the molecule is CCCn1cncc1-c1nc(NC)c(I)c(C(C)(C)C)n1. The predicted molar refractivity (Wildman–Crippen MR) is 94.5 cm³/mol. The Labute approximate surface area is 139 Å². The molecule has 2 aromatic heterocycles. The number of aryl methyl sites for hydroxylation is 1. The number of nitrogens with zero attached hydrogens (tertiary/aromatic N) is 4. The van der Waals surface area contributed by atoms with Crippen LogP contribution in [0.3, 0.4) is 0 Å². The zero-order valence-electron chi connectivity index (χ0n) is 13.2. The maximum absolute atomic E-state index is 4.82. The normalized spacial score (nSPS) is 11.7. The van der Waals surface area contributed by atoms with E-state index in [2.05, 4.69) is 70.1 Å². The molecule has 2 rings (SSSR count). The van der Waals surface area contributed by atoms with E-state index in [1.54, 1.807) is 0 Å². The summed E-state index contributed by atoms with van der Waals surface area (Å²) in [5, 5.41) is 3.17. The third-order valence-electron chi connectivity index (χ3n) is 3.20. The first kappa shape index (κ1) is 16.2. The van der Waals surface area contributed by atoms with Crippen molar-refractivity contribution in [1.29, 1.82) is 0 Å². The minimum absolute atomic E-state index is 0.0323. The van der Waals surface area contributed by atoms with E-state index in [1.807, 2.05) is 19.6 Å². The van der Waals surface area contributed by atoms with Crippen molar-refractivity contribution >= 4 is 28.4 Å². The van der Waals surface area contributed by atoms with Gasteiger partial charge in [0.2, 0.25) is 0 Å². The molecule has 0 unspecified atom stereocenters. The van der Waals surface area contributed by atoms with Crippen LogP contribution in [0.25, 0.3) is 11.5 Å². The summed E-state index contributed by atoms with van der Waals surface area (Å²) in [6.45, 7) is 9.58. The molecule has 0 amide bonds. The average Bonchev–Trinajstić information content (AvgIpc) is 2.86. The number of rotatable bonds is 4. The quantitative estimate of drug-likeness (QED) is 0.797. The van der Waals surface area contributed by atoms with Crippen LogP contribution in [0.5, 0.6) is 0 Å². The summed E-state index contributed by atoms with van der Waals surface area (Å²) in [6.07, 6.45) is 4.73. The molecule has 0 aliphatic rings. The van der Waals surface area contributed by atoms with Gasteiger partial charge in [-0.05, 0) is 29.0 Å². The van der Waals surface area contributed by atoms with Gasteiger partial charge in [-0.2, -0.15) is 0 Å². The Bertz CT molecular complexity index is 627. The third-order valence-corrected chi connectivity index (χ3v) is 4.23. The molecule has 0 saturated heterocycles. The van der Waals surface area contributed by atoms with Gasteiger partial charge in [0.25, 0.3) is 0 Å². The Morgan fingerprint density at radius 2 is 2.00 bits per heavy atom. The summed E-state index contributed by atoms with van der Waals surface area (Å²) >= 11 is 2.32. The molecular formula is C15H22IN5. The lowest BCUT2D eigenvalue weighted by molar-refractivity contribution is 0.563. The molecule has 6 heteroatoms. The number of imidazole rings is 1. The van der Waals surface area contributed by atoms with Crippen LogP contribution in [0.4, 0.5) is 5.82 Å². The van der Waals surface area contributed by atoms with Crippen LogP contribution >= 0.6 is 22.6 Å². The molecule has 114 valence electrons. The van der Waals surface area contributed by atoms with E-state index in [4.69, 9.17) is 4.98 Å². The Morgan fingerprint density at radius 1 is 1.29 bits per heavy atom. The van der Waals surface area contributed by atoms with Crippen molar-refractivity contribution in [3.8, 4) is 11.5 Å². The van der Waals surface area contributed by atoms with Crippen molar-refractivity contribution in [3.05, 3.63) is 21.8 Å². The Hall–Kier alpha value is -1.18. The summed E-state index contributed by atoms with van der Waals surface area (Å²) in [5.74, 6) is 1.60. The van der Waals surface area contributed by atoms with Gasteiger partial charge in [-0.15, -0.1) is 0 Å². The number of nitrogens with one attached hydrogen (secondary N) is 1. The highest BCUT2D eigenvalue weighted by molar-refractivity contribution is 14.1. The van der Waals surface area contributed by atoms with E-state index < -0.39 is 0 Å². The number of hydrogen-bond donors (Lipinski definition) is 1. The maximum atomic E-state index is 4.82. The second kappa shape index (κ2) is 6.29. The first-order valence-corrected chi connectivity index (χ1v) is 8.22. The largest absolute Gasteiger partial charge is 0.372 e. The van der Waals surface area contributed by atoms with Gasteiger partial charge in [0.05, 0.1) is 21.8 Å². The Kier molecular flexibility index (Phi) is 4.85. The molecule has 0 bridgehead atoms. The number of hydrogen-bond acceptors (Lipinski definition) is 4. The van der Waals surface area contributed by atoms with E-state index in [0.29, 0.717) is 0 Å². The van der Waals surface area contributed by atoms with Crippen LogP contribution in [-0.2, 0) is 12.0 Å². The van der Waals surface area contributed by atoms with Gasteiger partial charge < -0.3 is 9.88 Å². The highest BCUT2D eigenvalue weighted by Crippen LogP contribution is 2.31. The lowest BCUT2D eigenvalue weighted by Gasteiger charge is -2.21. The second-order valence-corrected chi connectivity index (χ2v) is 7.11. The van der Waals surface area contributed by atoms with E-state index in [0.717, 1.165) is 39.6 Å². The van der Waals surface area contributed by atoms with Gasteiger partial charge in [0.1, 0.15) is 11.5 Å². The van der Waals surface area contributed by atoms with Gasteiger partial charge >= 0.3 is 0 Å². The van der Waals surface area contributed by atoms with Gasteiger partial charge in [0.15, 0.2) is 5.82 Å². The number of halogens is 1. The number of anilines is 1. The minimum atomic E-state index is -0.0323. The Balaban J connectivity index is 2.61. The second-order valence-electron chi connectivity index (χ2n) is 6.03. The molecule has 0 atom stereocenters. The third kappa shape index (κ3) is 3.36. The summed E-state index contributed by atoms with van der Waals surface area (Å²) in [5.41, 5.74) is 1.99. The highest BCUT2D eigenvalue weighted by atomic mass is 127. The molecule has 0 aliphatic heterocycles. The zero-order chi connectivity index (χ0) is 15.6. The predicted octanol–water partition coefficient (Wildman–Crippen LogP) is 3.69. The molecule has 0 spiro atoms. The van der Waals surface area contributed by atoms with Gasteiger partial charge in [-0.25, -0.2) is 15.0 Å². The molecule has 2 aromatic rings. The van der Waals surface area contributed by atoms with Crippen molar-refractivity contribution in [3.63, 3.8) is 0 Å². The molecule has 0 saturated carbocycles. The minimum Gasteiger partial charge on any atom is -0.372 e. The first-order valence-electron chi connectivity index (χ1n) is 7.14. The zero-order valence-corrected chi connectivity index (χ0v) is 15.4. The molecule has 0 aliphatic carbocycles. The first-order chi connectivity index (χ1) is 9.88. The van der Waals surface area contributed by atoms with E-state index >= 15 is 0 Å². The van der Waals surface area contributed by atoms with E-state index in [9.17, 15) is 0 Å². The smallest absolute Gasteiger partial charge is 0.180 e. The van der Waals surface area contributed by atoms with Crippen LogP contribution in [0.2, 0.25) is 0 Å². The molecule has 5 nitrogen and oxygen atoms in total. The number of aromatic nitrogens is 4. The molecule has 0 radical (unpaired) electrons. The van der Waals surface area contributed by atoms with Crippen molar-refractivity contribution in [2.45, 2.75) is 46.1 Å². The fraction of sp³-hybridized carbons (Fsp3) is 0.533. The highest BCUT2D eigenvalue weighted by Gasteiger charge is 2.24. The topological polar surface area (TPSA) is 55.6 Å². The van der Waals surface area contributed by atoms with Crippen molar-refractivity contribution < 1.29 is 0 Å².